The number of nitrogens with two attached hydrogens (primary N) is 1. The summed E-state index contributed by atoms with van der Waals surface area (Å²) in [5.41, 5.74) is 5.57. The number of anilines is 1. The molecule has 1 rings (SSSR count). The van der Waals surface area contributed by atoms with Crippen molar-refractivity contribution < 1.29 is 13.9 Å². The predicted octanol–water partition coefficient (Wildman–Crippen LogP) is 3.08. The van der Waals surface area contributed by atoms with E-state index in [0.29, 0.717) is 11.1 Å². The number of carbonyl (C=O) groups is 1. The van der Waals surface area contributed by atoms with E-state index in [1.165, 1.54) is 6.07 Å². The van der Waals surface area contributed by atoms with E-state index < -0.39 is 11.8 Å². The highest BCUT2D eigenvalue weighted by molar-refractivity contribution is 9.10. The van der Waals surface area contributed by atoms with Crippen LogP contribution in [0.4, 0.5) is 10.1 Å². The molecule has 94 valence electrons. The zero-order valence-corrected chi connectivity index (χ0v) is 11.7. The van der Waals surface area contributed by atoms with Crippen molar-refractivity contribution >= 4 is 39.3 Å². The molecule has 0 amide bonds. The van der Waals surface area contributed by atoms with E-state index >= 15 is 0 Å². The Bertz CT molecular complexity index is 415. The van der Waals surface area contributed by atoms with E-state index in [9.17, 15) is 9.18 Å². The number of halogens is 2. The maximum absolute atomic E-state index is 13.1. The third-order valence-electron chi connectivity index (χ3n) is 2.03. The van der Waals surface area contributed by atoms with Crippen molar-refractivity contribution in [2.24, 2.45) is 0 Å². The summed E-state index contributed by atoms with van der Waals surface area (Å²) < 4.78 is 18.5. The first kappa shape index (κ1) is 14.3. The Hall–Kier alpha value is -0.750. The van der Waals surface area contributed by atoms with Gasteiger partial charge in [0.15, 0.2) is 0 Å². The Morgan fingerprint density at radius 1 is 1.59 bits per heavy atom. The van der Waals surface area contributed by atoms with Crippen LogP contribution in [0.5, 0.6) is 0 Å². The molecule has 17 heavy (non-hydrogen) atoms. The van der Waals surface area contributed by atoms with Gasteiger partial charge in [-0.05, 0) is 46.5 Å². The molecular weight excluding hydrogens is 309 g/mol. The van der Waals surface area contributed by atoms with Gasteiger partial charge in [0, 0.05) is 4.47 Å². The highest BCUT2D eigenvalue weighted by atomic mass is 79.9. The summed E-state index contributed by atoms with van der Waals surface area (Å²) in [6, 6.07) is 2.43. The molecule has 0 heterocycles. The lowest BCUT2D eigenvalue weighted by Crippen LogP contribution is -2.09. The zero-order valence-electron chi connectivity index (χ0n) is 9.33. The van der Waals surface area contributed by atoms with Crippen LogP contribution in [-0.4, -0.2) is 24.6 Å². The standard InChI is InChI=1S/C11H13BrFNO2S/c1-17-4-2-3-16-11(15)7-5-10(14)9(13)6-8(7)12/h5-6H,2-4,14H2,1H3. The summed E-state index contributed by atoms with van der Waals surface area (Å²) in [6.45, 7) is 0.351. The van der Waals surface area contributed by atoms with Crippen LogP contribution < -0.4 is 5.73 Å². The molecule has 0 aliphatic carbocycles. The number of rotatable bonds is 5. The van der Waals surface area contributed by atoms with Gasteiger partial charge in [-0.3, -0.25) is 0 Å². The molecule has 6 heteroatoms. The quantitative estimate of drug-likeness (QED) is 0.514. The summed E-state index contributed by atoms with van der Waals surface area (Å²) in [6.07, 6.45) is 2.78. The summed E-state index contributed by atoms with van der Waals surface area (Å²) >= 11 is 4.79. The van der Waals surface area contributed by atoms with Gasteiger partial charge in [0.1, 0.15) is 5.82 Å². The van der Waals surface area contributed by atoms with Crippen molar-refractivity contribution in [3.63, 3.8) is 0 Å². The molecule has 3 nitrogen and oxygen atoms in total. The fraction of sp³-hybridized carbons (Fsp3) is 0.364. The third kappa shape index (κ3) is 4.20. The predicted molar refractivity (Wildman–Crippen MR) is 71.8 cm³/mol. The van der Waals surface area contributed by atoms with Gasteiger partial charge in [-0.2, -0.15) is 11.8 Å². The number of thioether (sulfide) groups is 1. The van der Waals surface area contributed by atoms with Gasteiger partial charge in [0.05, 0.1) is 17.9 Å². The Kier molecular flexibility index (Phi) is 5.77. The lowest BCUT2D eigenvalue weighted by atomic mass is 10.2. The zero-order chi connectivity index (χ0) is 12.8. The molecule has 2 N–H and O–H groups in total. The number of esters is 1. The molecule has 0 saturated heterocycles. The van der Waals surface area contributed by atoms with Gasteiger partial charge in [-0.1, -0.05) is 0 Å². The highest BCUT2D eigenvalue weighted by Crippen LogP contribution is 2.23. The van der Waals surface area contributed by atoms with E-state index in [1.807, 2.05) is 6.26 Å². The van der Waals surface area contributed by atoms with E-state index in [4.69, 9.17) is 10.5 Å². The Morgan fingerprint density at radius 2 is 2.29 bits per heavy atom. The molecule has 1 aromatic rings. The van der Waals surface area contributed by atoms with Gasteiger partial charge >= 0.3 is 5.97 Å². The van der Waals surface area contributed by atoms with E-state index in [1.54, 1.807) is 11.8 Å². The minimum Gasteiger partial charge on any atom is -0.462 e. The first-order chi connectivity index (χ1) is 8.06. The average molecular weight is 322 g/mol. The maximum atomic E-state index is 13.1. The fourth-order valence-electron chi connectivity index (χ4n) is 1.17. The number of nitrogen functional groups attached to an aromatic ring is 1. The SMILES string of the molecule is CSCCCOC(=O)c1cc(N)c(F)cc1Br. The summed E-state index contributed by atoms with van der Waals surface area (Å²) in [5, 5.41) is 0. The lowest BCUT2D eigenvalue weighted by molar-refractivity contribution is 0.0505. The van der Waals surface area contributed by atoms with Crippen LogP contribution in [0.3, 0.4) is 0 Å². The minimum atomic E-state index is -0.559. The first-order valence-electron chi connectivity index (χ1n) is 4.97. The molecule has 0 fully saturated rings. The Morgan fingerprint density at radius 3 is 2.94 bits per heavy atom. The van der Waals surface area contributed by atoms with Gasteiger partial charge in [-0.15, -0.1) is 0 Å². The summed E-state index contributed by atoms with van der Waals surface area (Å²) in [5.74, 6) is -0.125. The van der Waals surface area contributed by atoms with E-state index in [-0.39, 0.29) is 11.3 Å². The number of ether oxygens (including phenoxy) is 1. The Labute approximate surface area is 112 Å². The molecule has 0 bridgehead atoms. The third-order valence-corrected chi connectivity index (χ3v) is 3.39. The van der Waals surface area contributed by atoms with Gasteiger partial charge in [0.25, 0.3) is 0 Å². The first-order valence-corrected chi connectivity index (χ1v) is 7.15. The van der Waals surface area contributed by atoms with Crippen LogP contribution in [0, 0.1) is 5.82 Å². The van der Waals surface area contributed by atoms with Crippen LogP contribution in [0.25, 0.3) is 0 Å². The Balaban J connectivity index is 2.66. The smallest absolute Gasteiger partial charge is 0.339 e. The number of hydrogen-bond donors (Lipinski definition) is 1. The molecule has 0 atom stereocenters. The molecular formula is C11H13BrFNO2S. The molecule has 0 saturated carbocycles. The molecule has 0 aromatic heterocycles. The largest absolute Gasteiger partial charge is 0.462 e. The van der Waals surface area contributed by atoms with Crippen molar-refractivity contribution in [3.8, 4) is 0 Å². The second-order valence-electron chi connectivity index (χ2n) is 3.34. The van der Waals surface area contributed by atoms with E-state index in [2.05, 4.69) is 15.9 Å². The number of carbonyl (C=O) groups excluding carboxylic acids is 1. The lowest BCUT2D eigenvalue weighted by Gasteiger charge is -2.07. The normalized spacial score (nSPS) is 10.3. The van der Waals surface area contributed by atoms with Crippen molar-refractivity contribution in [2.75, 3.05) is 24.3 Å². The molecule has 1 aromatic carbocycles. The summed E-state index contributed by atoms with van der Waals surface area (Å²) in [4.78, 5) is 11.7. The van der Waals surface area contributed by atoms with Crippen molar-refractivity contribution in [1.82, 2.24) is 0 Å². The van der Waals surface area contributed by atoms with Crippen LogP contribution in [0.1, 0.15) is 16.8 Å². The molecule has 0 unspecified atom stereocenters. The van der Waals surface area contributed by atoms with Crippen molar-refractivity contribution in [1.29, 1.82) is 0 Å². The summed E-state index contributed by atoms with van der Waals surface area (Å²) in [7, 11) is 0. The highest BCUT2D eigenvalue weighted by Gasteiger charge is 2.14. The van der Waals surface area contributed by atoms with Crippen molar-refractivity contribution in [3.05, 3.63) is 28.0 Å². The number of hydrogen-bond acceptors (Lipinski definition) is 4. The second-order valence-corrected chi connectivity index (χ2v) is 5.18. The minimum absolute atomic E-state index is 0.0655. The van der Waals surface area contributed by atoms with Crippen LogP contribution in [-0.2, 0) is 4.74 Å². The topological polar surface area (TPSA) is 52.3 Å². The van der Waals surface area contributed by atoms with Crippen LogP contribution >= 0.6 is 27.7 Å². The molecule has 0 radical (unpaired) electrons. The van der Waals surface area contributed by atoms with Gasteiger partial charge < -0.3 is 10.5 Å². The van der Waals surface area contributed by atoms with E-state index in [0.717, 1.165) is 18.2 Å². The van der Waals surface area contributed by atoms with Crippen LogP contribution in [0.15, 0.2) is 16.6 Å². The number of benzene rings is 1. The molecule has 0 spiro atoms. The van der Waals surface area contributed by atoms with Gasteiger partial charge in [-0.25, -0.2) is 9.18 Å². The fourth-order valence-corrected chi connectivity index (χ4v) is 2.05. The van der Waals surface area contributed by atoms with Gasteiger partial charge in [0.2, 0.25) is 0 Å². The van der Waals surface area contributed by atoms with Crippen molar-refractivity contribution in [2.45, 2.75) is 6.42 Å². The average Bonchev–Trinajstić information content (AvgIpc) is 2.29. The maximum Gasteiger partial charge on any atom is 0.339 e. The molecule has 0 aliphatic heterocycles. The molecule has 0 aliphatic rings. The monoisotopic (exact) mass is 321 g/mol. The second kappa shape index (κ2) is 6.86. The van der Waals surface area contributed by atoms with Crippen LogP contribution in [0.2, 0.25) is 0 Å².